The highest BCUT2D eigenvalue weighted by molar-refractivity contribution is 5.98. The molecule has 1 aromatic carbocycles. The second-order valence-corrected chi connectivity index (χ2v) is 4.65. The van der Waals surface area contributed by atoms with Gasteiger partial charge in [0.15, 0.2) is 5.78 Å². The fourth-order valence-electron chi connectivity index (χ4n) is 1.93. The number of Topliss-reactive ketones (excluding diaryl/α,β-unsaturated/α-hetero) is 1. The van der Waals surface area contributed by atoms with Gasteiger partial charge in [0.25, 0.3) is 0 Å². The average Bonchev–Trinajstić information content (AvgIpc) is 2.25. The molecule has 0 aliphatic carbocycles. The van der Waals surface area contributed by atoms with Gasteiger partial charge in [0.1, 0.15) is 17.1 Å². The number of ether oxygens (including phenoxy) is 2. The molecular weight excluding hydrogens is 216 g/mol. The molecule has 17 heavy (non-hydrogen) atoms. The molecule has 0 unspecified atom stereocenters. The minimum atomic E-state index is -0.324. The van der Waals surface area contributed by atoms with Crippen molar-refractivity contribution in [3.8, 4) is 11.5 Å². The second kappa shape index (κ2) is 3.91. The molecule has 3 nitrogen and oxygen atoms in total. The molecule has 2 rings (SSSR count). The van der Waals surface area contributed by atoms with Crippen molar-refractivity contribution in [1.82, 2.24) is 0 Å². The van der Waals surface area contributed by atoms with E-state index in [1.54, 1.807) is 13.2 Å². The summed E-state index contributed by atoms with van der Waals surface area (Å²) in [5.74, 6) is 1.32. The van der Waals surface area contributed by atoms with Crippen LogP contribution >= 0.6 is 0 Å². The Morgan fingerprint density at radius 1 is 1.35 bits per heavy atom. The Kier molecular flexibility index (Phi) is 2.69. The van der Waals surface area contributed by atoms with Crippen LogP contribution in [-0.2, 0) is 0 Å². The average molecular weight is 232 g/mol. The lowest BCUT2D eigenvalue weighted by Crippen LogP contribution is -2.27. The molecule has 0 bridgehead atoms. The number of ketones is 1. The maximum atomic E-state index is 11.5. The Hall–Kier alpha value is -1.77. The Labute approximate surface area is 101 Å². The van der Waals surface area contributed by atoms with E-state index in [9.17, 15) is 4.79 Å². The van der Waals surface area contributed by atoms with E-state index in [2.05, 4.69) is 0 Å². The second-order valence-electron chi connectivity index (χ2n) is 4.65. The Bertz CT molecular complexity index is 498. The Morgan fingerprint density at radius 2 is 2.06 bits per heavy atom. The number of methoxy groups -OCH3 is 1. The van der Waals surface area contributed by atoms with Crippen LogP contribution < -0.4 is 9.47 Å². The minimum absolute atomic E-state index is 0.0112. The van der Waals surface area contributed by atoms with E-state index >= 15 is 0 Å². The third-order valence-corrected chi connectivity index (χ3v) is 2.76. The number of hydrogen-bond acceptors (Lipinski definition) is 3. The summed E-state index contributed by atoms with van der Waals surface area (Å²) in [6.07, 6.45) is 3.91. The summed E-state index contributed by atoms with van der Waals surface area (Å²) in [4.78, 5) is 11.5. The maximum absolute atomic E-state index is 11.5. The molecule has 1 heterocycles. The van der Waals surface area contributed by atoms with E-state index in [4.69, 9.17) is 9.47 Å². The van der Waals surface area contributed by atoms with Crippen LogP contribution in [-0.4, -0.2) is 18.5 Å². The quantitative estimate of drug-likeness (QED) is 0.735. The summed E-state index contributed by atoms with van der Waals surface area (Å²) in [5, 5.41) is 0. The number of hydrogen-bond donors (Lipinski definition) is 0. The zero-order valence-electron chi connectivity index (χ0n) is 10.5. The first-order valence-electron chi connectivity index (χ1n) is 5.55. The lowest BCUT2D eigenvalue weighted by molar-refractivity contribution is 0.101. The van der Waals surface area contributed by atoms with E-state index in [-0.39, 0.29) is 11.4 Å². The fourth-order valence-corrected chi connectivity index (χ4v) is 1.93. The molecule has 0 aromatic heterocycles. The maximum Gasteiger partial charge on any atom is 0.163 e. The predicted molar refractivity (Wildman–Crippen MR) is 66.7 cm³/mol. The summed E-state index contributed by atoms with van der Waals surface area (Å²) in [6, 6.07) is 3.56. The standard InChI is InChI=1S/C14H16O3/c1-9(15)10-5-6-12-11(13(10)16-4)7-8-14(2,3)17-12/h5-8H,1-4H3. The molecule has 0 amide bonds. The van der Waals surface area contributed by atoms with Gasteiger partial charge in [0.05, 0.1) is 18.2 Å². The molecule has 0 saturated heterocycles. The van der Waals surface area contributed by atoms with Crippen LogP contribution in [0.2, 0.25) is 0 Å². The molecule has 1 aliphatic rings. The number of fused-ring (bicyclic) bond motifs is 1. The molecule has 0 atom stereocenters. The molecule has 0 fully saturated rings. The summed E-state index contributed by atoms with van der Waals surface area (Å²) < 4.78 is 11.1. The predicted octanol–water partition coefficient (Wildman–Crippen LogP) is 3.08. The largest absolute Gasteiger partial charge is 0.495 e. The van der Waals surface area contributed by atoms with Crippen molar-refractivity contribution in [2.45, 2.75) is 26.4 Å². The smallest absolute Gasteiger partial charge is 0.163 e. The van der Waals surface area contributed by atoms with E-state index < -0.39 is 0 Å². The lowest BCUT2D eigenvalue weighted by Gasteiger charge is -2.29. The first kappa shape index (κ1) is 11.7. The molecule has 0 N–H and O–H groups in total. The topological polar surface area (TPSA) is 35.5 Å². The van der Waals surface area contributed by atoms with Crippen molar-refractivity contribution < 1.29 is 14.3 Å². The van der Waals surface area contributed by atoms with Crippen LogP contribution in [0.1, 0.15) is 36.7 Å². The molecule has 0 spiro atoms. The molecular formula is C14H16O3. The van der Waals surface area contributed by atoms with Gasteiger partial charge in [-0.15, -0.1) is 0 Å². The lowest BCUT2D eigenvalue weighted by atomic mass is 9.98. The molecule has 90 valence electrons. The van der Waals surface area contributed by atoms with E-state index in [1.165, 1.54) is 6.92 Å². The number of benzene rings is 1. The van der Waals surface area contributed by atoms with Crippen LogP contribution in [0.4, 0.5) is 0 Å². The van der Waals surface area contributed by atoms with Gasteiger partial charge in [-0.2, -0.15) is 0 Å². The third kappa shape index (κ3) is 2.05. The first-order chi connectivity index (χ1) is 7.94. The summed E-state index contributed by atoms with van der Waals surface area (Å²) in [6.45, 7) is 5.50. The number of carbonyl (C=O) groups is 1. The fraction of sp³-hybridized carbons (Fsp3) is 0.357. The Morgan fingerprint density at radius 3 is 2.65 bits per heavy atom. The zero-order valence-corrected chi connectivity index (χ0v) is 10.5. The van der Waals surface area contributed by atoms with Gasteiger partial charge < -0.3 is 9.47 Å². The van der Waals surface area contributed by atoms with Gasteiger partial charge in [-0.05, 0) is 45.1 Å². The van der Waals surface area contributed by atoms with Crippen LogP contribution in [0, 0.1) is 0 Å². The highest BCUT2D eigenvalue weighted by atomic mass is 16.5. The van der Waals surface area contributed by atoms with Gasteiger partial charge in [-0.3, -0.25) is 4.79 Å². The van der Waals surface area contributed by atoms with Gasteiger partial charge in [0, 0.05) is 0 Å². The Balaban J connectivity index is 2.60. The van der Waals surface area contributed by atoms with Crippen molar-refractivity contribution in [2.75, 3.05) is 7.11 Å². The summed E-state index contributed by atoms with van der Waals surface area (Å²) >= 11 is 0. The highest BCUT2D eigenvalue weighted by Gasteiger charge is 2.25. The van der Waals surface area contributed by atoms with Crippen LogP contribution in [0.3, 0.4) is 0 Å². The van der Waals surface area contributed by atoms with Crippen molar-refractivity contribution >= 4 is 11.9 Å². The van der Waals surface area contributed by atoms with Crippen molar-refractivity contribution in [1.29, 1.82) is 0 Å². The van der Waals surface area contributed by atoms with Crippen LogP contribution in [0.5, 0.6) is 11.5 Å². The van der Waals surface area contributed by atoms with E-state index in [0.717, 1.165) is 11.3 Å². The van der Waals surface area contributed by atoms with Crippen LogP contribution in [0.25, 0.3) is 6.08 Å². The highest BCUT2D eigenvalue weighted by Crippen LogP contribution is 2.38. The van der Waals surface area contributed by atoms with Gasteiger partial charge in [0.2, 0.25) is 0 Å². The van der Waals surface area contributed by atoms with Crippen molar-refractivity contribution in [3.05, 3.63) is 29.3 Å². The van der Waals surface area contributed by atoms with Gasteiger partial charge >= 0.3 is 0 Å². The van der Waals surface area contributed by atoms with Crippen molar-refractivity contribution in [2.24, 2.45) is 0 Å². The zero-order chi connectivity index (χ0) is 12.6. The summed E-state index contributed by atoms with van der Waals surface area (Å²) in [7, 11) is 1.57. The normalized spacial score (nSPS) is 16.0. The monoisotopic (exact) mass is 232 g/mol. The third-order valence-electron chi connectivity index (χ3n) is 2.76. The molecule has 1 aromatic rings. The molecule has 0 radical (unpaired) electrons. The number of rotatable bonds is 2. The van der Waals surface area contributed by atoms with Crippen LogP contribution in [0.15, 0.2) is 18.2 Å². The van der Waals surface area contributed by atoms with E-state index in [0.29, 0.717) is 11.3 Å². The van der Waals surface area contributed by atoms with Gasteiger partial charge in [-0.1, -0.05) is 0 Å². The number of carbonyl (C=O) groups excluding carboxylic acids is 1. The summed E-state index contributed by atoms with van der Waals surface area (Å²) in [5.41, 5.74) is 1.09. The van der Waals surface area contributed by atoms with Crippen molar-refractivity contribution in [3.63, 3.8) is 0 Å². The molecule has 0 saturated carbocycles. The first-order valence-corrected chi connectivity index (χ1v) is 5.55. The van der Waals surface area contributed by atoms with Gasteiger partial charge in [-0.25, -0.2) is 0 Å². The molecule has 3 heteroatoms. The van der Waals surface area contributed by atoms with E-state index in [1.807, 2.05) is 32.1 Å². The molecule has 1 aliphatic heterocycles. The minimum Gasteiger partial charge on any atom is -0.495 e. The SMILES string of the molecule is COc1c(C(C)=O)ccc2c1C=CC(C)(C)O2.